The average molecular weight is 695 g/mol. The summed E-state index contributed by atoms with van der Waals surface area (Å²) in [6, 6.07) is 14.6. The van der Waals surface area contributed by atoms with Crippen molar-refractivity contribution < 1.29 is 9.47 Å². The number of ether oxygens (including phenoxy) is 2. The van der Waals surface area contributed by atoms with Crippen LogP contribution in [0.5, 0.6) is 11.5 Å². The number of aromatic amines is 2. The van der Waals surface area contributed by atoms with Gasteiger partial charge in [0.1, 0.15) is 23.1 Å². The third kappa shape index (κ3) is 8.23. The first-order valence-electron chi connectivity index (χ1n) is 17.7. The lowest BCUT2D eigenvalue weighted by Gasteiger charge is -2.48. The van der Waals surface area contributed by atoms with Crippen molar-refractivity contribution in [2.75, 3.05) is 29.5 Å². The lowest BCUT2D eigenvalue weighted by molar-refractivity contribution is 0.148. The fraction of sp³-hybridized carbons (Fsp3) is 0.486. The molecule has 0 spiro atoms. The van der Waals surface area contributed by atoms with Gasteiger partial charge in [0.15, 0.2) is 0 Å². The molecule has 51 heavy (non-hydrogen) atoms. The van der Waals surface area contributed by atoms with Crippen molar-refractivity contribution in [1.82, 2.24) is 56.1 Å². The van der Waals surface area contributed by atoms with Crippen LogP contribution < -0.4 is 25.2 Å². The van der Waals surface area contributed by atoms with Crippen LogP contribution in [0.4, 0.5) is 11.6 Å². The Hall–Kier alpha value is -5.22. The van der Waals surface area contributed by atoms with Gasteiger partial charge in [-0.15, -0.1) is 20.4 Å². The minimum Gasteiger partial charge on any atom is -0.491 e. The minimum atomic E-state index is 0.0890. The van der Waals surface area contributed by atoms with Gasteiger partial charge in [-0.3, -0.25) is 9.91 Å². The van der Waals surface area contributed by atoms with Crippen LogP contribution in [0, 0.1) is 5.92 Å². The fourth-order valence-corrected chi connectivity index (χ4v) is 7.23. The summed E-state index contributed by atoms with van der Waals surface area (Å²) in [6.45, 7) is 11.8. The molecule has 0 amide bonds. The zero-order chi connectivity index (χ0) is 35.3. The number of hydrazine groups is 1. The second-order valence-electron chi connectivity index (χ2n) is 13.9. The minimum absolute atomic E-state index is 0.0890. The van der Waals surface area contributed by atoms with Crippen LogP contribution in [-0.2, 0) is 6.54 Å². The van der Waals surface area contributed by atoms with Gasteiger partial charge in [0.05, 0.1) is 18.2 Å². The van der Waals surface area contributed by atoms with Crippen LogP contribution in [0.3, 0.4) is 0 Å². The first-order chi connectivity index (χ1) is 24.8. The van der Waals surface area contributed by atoms with Crippen LogP contribution in [-0.4, -0.2) is 100 Å². The van der Waals surface area contributed by atoms with Crippen LogP contribution in [0.1, 0.15) is 58.9 Å². The predicted molar refractivity (Wildman–Crippen MR) is 192 cm³/mol. The van der Waals surface area contributed by atoms with E-state index in [1.54, 1.807) is 6.20 Å². The maximum Gasteiger partial charge on any atom is 0.206 e. The first kappa shape index (κ1) is 34.2. The number of H-pyrrole nitrogens is 2. The number of pyridine rings is 2. The summed E-state index contributed by atoms with van der Waals surface area (Å²) in [6.07, 6.45) is 7.61. The highest BCUT2D eigenvalue weighted by molar-refractivity contribution is 5.57. The molecule has 4 N–H and O–H groups in total. The van der Waals surface area contributed by atoms with E-state index in [4.69, 9.17) is 20.3 Å². The maximum atomic E-state index is 6.82. The molecule has 268 valence electrons. The number of piperidine rings is 2. The van der Waals surface area contributed by atoms with E-state index in [1.165, 1.54) is 5.56 Å². The Morgan fingerprint density at radius 3 is 1.96 bits per heavy atom. The number of nitrogens with two attached hydrogens (primary N) is 1. The number of rotatable bonds is 12. The Morgan fingerprint density at radius 2 is 1.43 bits per heavy atom. The van der Waals surface area contributed by atoms with Crippen molar-refractivity contribution in [3.8, 4) is 34.3 Å². The average Bonchev–Trinajstić information content (AvgIpc) is 3.87. The van der Waals surface area contributed by atoms with E-state index in [0.717, 1.165) is 80.3 Å². The van der Waals surface area contributed by atoms with Gasteiger partial charge in [-0.05, 0) is 125 Å². The Kier molecular flexibility index (Phi) is 10.3. The van der Waals surface area contributed by atoms with Crippen LogP contribution in [0.15, 0.2) is 54.9 Å². The molecule has 2 aliphatic rings. The number of nitrogens with zero attached hydrogens (tertiary/aromatic N) is 11. The predicted octanol–water partition coefficient (Wildman–Crippen LogP) is 4.04. The molecule has 16 heteroatoms. The van der Waals surface area contributed by atoms with Gasteiger partial charge in [-0.25, -0.2) is 15.8 Å². The highest BCUT2D eigenvalue weighted by Gasteiger charge is 2.38. The molecule has 0 radical (unpaired) electrons. The van der Waals surface area contributed by atoms with Crippen molar-refractivity contribution in [2.45, 2.75) is 84.2 Å². The lowest BCUT2D eigenvalue weighted by Crippen LogP contribution is -2.56. The largest absolute Gasteiger partial charge is 0.491 e. The second-order valence-corrected chi connectivity index (χ2v) is 13.9. The van der Waals surface area contributed by atoms with Crippen molar-refractivity contribution in [1.29, 1.82) is 0 Å². The Labute approximate surface area is 297 Å². The maximum absolute atomic E-state index is 6.82. The molecule has 2 fully saturated rings. The van der Waals surface area contributed by atoms with E-state index in [1.807, 2.05) is 63.2 Å². The molecular weight excluding hydrogens is 648 g/mol. The normalized spacial score (nSPS) is 18.8. The number of benzene rings is 1. The highest BCUT2D eigenvalue weighted by Crippen LogP contribution is 2.36. The third-order valence-corrected chi connectivity index (χ3v) is 9.54. The fourth-order valence-electron chi connectivity index (χ4n) is 7.23. The molecule has 2 unspecified atom stereocenters. The third-order valence-electron chi connectivity index (χ3n) is 9.54. The van der Waals surface area contributed by atoms with Gasteiger partial charge in [-0.1, -0.05) is 0 Å². The standard InChI is InChI=1S/C35H46N14O2/c1-22(2)50-29-15-24(16-30(18-29)51-23(3)4)21-47-12-9-25(10-13-47)31-17-28(49(36)33-8-6-27(20-38-33)35-41-45-46-42-35)11-14-48(31)32-7-5-26(19-37-32)34-39-43-44-40-34/h5-8,15-16,18-20,22-23,25,28,31H,9-14,17,21,36H2,1-4H3,(H,39,40,43,44)(H,41,42,45,46). The van der Waals surface area contributed by atoms with Gasteiger partial charge in [-0.2, -0.15) is 10.4 Å². The summed E-state index contributed by atoms with van der Waals surface area (Å²) < 4.78 is 12.2. The quantitative estimate of drug-likeness (QED) is 0.125. The van der Waals surface area contributed by atoms with E-state index in [0.29, 0.717) is 23.4 Å². The number of likely N-dealkylation sites (tertiary alicyclic amines) is 1. The highest BCUT2D eigenvalue weighted by atomic mass is 16.5. The molecule has 5 aromatic rings. The molecule has 6 heterocycles. The number of anilines is 2. The van der Waals surface area contributed by atoms with Gasteiger partial charge < -0.3 is 14.4 Å². The molecule has 1 aromatic carbocycles. The summed E-state index contributed by atoms with van der Waals surface area (Å²) >= 11 is 0. The van der Waals surface area contributed by atoms with E-state index in [2.05, 4.69) is 74.2 Å². The number of hydrogen-bond donors (Lipinski definition) is 3. The zero-order valence-electron chi connectivity index (χ0n) is 29.6. The van der Waals surface area contributed by atoms with Crippen LogP contribution >= 0.6 is 0 Å². The molecule has 7 rings (SSSR count). The number of tetrazole rings is 2. The van der Waals surface area contributed by atoms with Gasteiger partial charge in [0, 0.05) is 48.7 Å². The number of nitrogens with one attached hydrogen (secondary N) is 2. The summed E-state index contributed by atoms with van der Waals surface area (Å²) in [4.78, 5) is 14.6. The number of hydrogen-bond acceptors (Lipinski definition) is 14. The Morgan fingerprint density at radius 1 is 0.804 bits per heavy atom. The van der Waals surface area contributed by atoms with Gasteiger partial charge >= 0.3 is 0 Å². The van der Waals surface area contributed by atoms with E-state index < -0.39 is 0 Å². The summed E-state index contributed by atoms with van der Waals surface area (Å²) in [5.74, 6) is 11.6. The Bertz CT molecular complexity index is 1780. The monoisotopic (exact) mass is 694 g/mol. The molecule has 16 nitrogen and oxygen atoms in total. The van der Waals surface area contributed by atoms with Gasteiger partial charge in [0.25, 0.3) is 0 Å². The SMILES string of the molecule is CC(C)Oc1cc(CN2CCC(C3CC(N(N)c4ccc(-c5nn[nH]n5)cn4)CCN3c3ccc(-c4nn[nH]n4)cn3)CC2)cc(OC(C)C)c1. The zero-order valence-corrected chi connectivity index (χ0v) is 29.6. The molecular formula is C35H46N14O2. The molecule has 2 atom stereocenters. The van der Waals surface area contributed by atoms with Crippen molar-refractivity contribution in [2.24, 2.45) is 11.8 Å². The molecule has 0 saturated carbocycles. The molecule has 0 bridgehead atoms. The Balaban J connectivity index is 1.07. The topological polar surface area (TPSA) is 189 Å². The second kappa shape index (κ2) is 15.3. The number of aromatic nitrogens is 10. The molecule has 0 aliphatic carbocycles. The first-order valence-corrected chi connectivity index (χ1v) is 17.7. The summed E-state index contributed by atoms with van der Waals surface area (Å²) in [7, 11) is 0. The summed E-state index contributed by atoms with van der Waals surface area (Å²) in [5, 5.41) is 30.5. The van der Waals surface area contributed by atoms with E-state index in [9.17, 15) is 0 Å². The van der Waals surface area contributed by atoms with Crippen molar-refractivity contribution >= 4 is 11.6 Å². The smallest absolute Gasteiger partial charge is 0.206 e. The van der Waals surface area contributed by atoms with E-state index >= 15 is 0 Å². The van der Waals surface area contributed by atoms with Crippen LogP contribution in [0.2, 0.25) is 0 Å². The lowest BCUT2D eigenvalue weighted by atomic mass is 9.81. The van der Waals surface area contributed by atoms with Gasteiger partial charge in [0.2, 0.25) is 11.6 Å². The van der Waals surface area contributed by atoms with E-state index in [-0.39, 0.29) is 24.3 Å². The molecule has 2 saturated heterocycles. The molecule has 2 aliphatic heterocycles. The molecule has 4 aromatic heterocycles. The van der Waals surface area contributed by atoms with Crippen molar-refractivity contribution in [3.63, 3.8) is 0 Å². The van der Waals surface area contributed by atoms with Crippen molar-refractivity contribution in [3.05, 3.63) is 60.4 Å². The van der Waals surface area contributed by atoms with Crippen LogP contribution in [0.25, 0.3) is 22.8 Å². The summed E-state index contributed by atoms with van der Waals surface area (Å²) in [5.41, 5.74) is 2.79.